The zero-order chi connectivity index (χ0) is 26.3. The molecule has 9 nitrogen and oxygen atoms in total. The quantitative estimate of drug-likeness (QED) is 0.443. The molecule has 0 radical (unpaired) electrons. The van der Waals surface area contributed by atoms with Crippen LogP contribution in [0.4, 0.5) is 0 Å². The van der Waals surface area contributed by atoms with Gasteiger partial charge in [-0.05, 0) is 67.9 Å². The maximum Gasteiger partial charge on any atom is 0.260 e. The van der Waals surface area contributed by atoms with Gasteiger partial charge in [-0.15, -0.1) is 0 Å². The first kappa shape index (κ1) is 20.1. The van der Waals surface area contributed by atoms with Crippen molar-refractivity contribution in [3.05, 3.63) is 28.8 Å². The highest BCUT2D eigenvalue weighted by atomic mass is 35.5. The average molecular weight is 502 g/mol. The van der Waals surface area contributed by atoms with Gasteiger partial charge in [0.15, 0.2) is 5.60 Å². The summed E-state index contributed by atoms with van der Waals surface area (Å²) in [5.41, 5.74) is -0.658. The first-order valence-corrected chi connectivity index (χ1v) is 12.2. The molecule has 10 heteroatoms. The van der Waals surface area contributed by atoms with Crippen LogP contribution in [0.1, 0.15) is 41.8 Å². The molecule has 6 atom stereocenters. The Hall–Kier alpha value is -1.01. The van der Waals surface area contributed by atoms with Crippen LogP contribution in [-0.4, -0.2) is 70.4 Å². The SMILES string of the molecule is [2H]C([2H])([2H])OC1(c2ccc(Cl)c(O[C@@H]3OC(CO)[C@H](O)[C@H](O)C3O)c2)OOC12C1CC3CC(C1)CC2C3. The lowest BCUT2D eigenvalue weighted by Gasteiger charge is -2.68. The smallest absolute Gasteiger partial charge is 0.260 e. The Morgan fingerprint density at radius 1 is 1.03 bits per heavy atom. The molecule has 4 bridgehead atoms. The van der Waals surface area contributed by atoms with E-state index in [-0.39, 0.29) is 22.6 Å². The van der Waals surface area contributed by atoms with E-state index < -0.39 is 55.7 Å². The van der Waals surface area contributed by atoms with E-state index in [0.717, 1.165) is 25.7 Å². The fourth-order valence-electron chi connectivity index (χ4n) is 7.29. The molecule has 1 spiro atoms. The Morgan fingerprint density at radius 2 is 1.74 bits per heavy atom. The molecule has 2 heterocycles. The molecule has 0 aromatic heterocycles. The van der Waals surface area contributed by atoms with Crippen molar-refractivity contribution in [2.45, 2.75) is 74.2 Å². The summed E-state index contributed by atoms with van der Waals surface area (Å²) >= 11 is 6.39. The number of rotatable bonds is 5. The Bertz CT molecular complexity index is 1010. The molecule has 1 aromatic carbocycles. The molecule has 2 saturated heterocycles. The van der Waals surface area contributed by atoms with Crippen molar-refractivity contribution < 1.29 is 48.5 Å². The van der Waals surface area contributed by atoms with Crippen molar-refractivity contribution in [2.24, 2.45) is 23.7 Å². The minimum Gasteiger partial charge on any atom is -0.460 e. The van der Waals surface area contributed by atoms with Gasteiger partial charge in [0.25, 0.3) is 5.79 Å². The van der Waals surface area contributed by atoms with Crippen LogP contribution in [0.15, 0.2) is 18.2 Å². The fraction of sp³-hybridized carbons (Fsp3) is 0.750. The van der Waals surface area contributed by atoms with Gasteiger partial charge < -0.3 is 34.6 Å². The van der Waals surface area contributed by atoms with Gasteiger partial charge in [-0.25, -0.2) is 4.89 Å². The van der Waals surface area contributed by atoms with Crippen molar-refractivity contribution in [3.63, 3.8) is 0 Å². The van der Waals surface area contributed by atoms with Crippen LogP contribution in [0.25, 0.3) is 0 Å². The van der Waals surface area contributed by atoms with E-state index in [9.17, 15) is 20.4 Å². The van der Waals surface area contributed by atoms with Crippen molar-refractivity contribution >= 4 is 11.6 Å². The first-order chi connectivity index (χ1) is 17.5. The van der Waals surface area contributed by atoms with Crippen LogP contribution in [0.5, 0.6) is 5.75 Å². The van der Waals surface area contributed by atoms with Crippen LogP contribution < -0.4 is 4.74 Å². The molecule has 2 aliphatic heterocycles. The first-order valence-electron chi connectivity index (χ1n) is 13.3. The van der Waals surface area contributed by atoms with Crippen molar-refractivity contribution in [2.75, 3.05) is 13.6 Å². The predicted octanol–water partition coefficient (Wildman–Crippen LogP) is 1.47. The maximum absolute atomic E-state index is 10.4. The standard InChI is InChI=1S/C24H31ClO9/c1-30-24(23(33-34-24)14-5-11-4-12(7-14)8-15(23)6-11)13-2-3-16(25)17(9-13)31-22-21(29)20(28)19(27)18(10-26)32-22/h2-3,9,11-12,14-15,18-22,26-29H,4-8,10H2,1H3/t11?,12?,14?,15?,18?,19-,20-,21?,22+,23?,24?/m0/s1/i1D3. The summed E-state index contributed by atoms with van der Waals surface area (Å²) in [6, 6.07) is 4.56. The lowest BCUT2D eigenvalue weighted by atomic mass is 9.47. The Balaban J connectivity index is 1.37. The number of benzene rings is 1. The fourth-order valence-corrected chi connectivity index (χ4v) is 7.45. The second kappa shape index (κ2) is 8.26. The number of aliphatic hydroxyl groups is 4. The highest BCUT2D eigenvalue weighted by Crippen LogP contribution is 2.69. The summed E-state index contributed by atoms with van der Waals surface area (Å²) < 4.78 is 40.8. The number of ether oxygens (including phenoxy) is 3. The lowest BCUT2D eigenvalue weighted by Crippen LogP contribution is -2.76. The van der Waals surface area contributed by atoms with Crippen LogP contribution >= 0.6 is 11.6 Å². The number of hydrogen-bond donors (Lipinski definition) is 4. The van der Waals surface area contributed by atoms with Crippen LogP contribution in [0, 0.1) is 23.7 Å². The van der Waals surface area contributed by atoms with Crippen molar-refractivity contribution in [3.8, 4) is 5.75 Å². The summed E-state index contributed by atoms with van der Waals surface area (Å²) in [5.74, 6) is -0.447. The topological polar surface area (TPSA) is 127 Å². The Morgan fingerprint density at radius 3 is 2.32 bits per heavy atom. The molecule has 4 aliphatic carbocycles. The van der Waals surface area contributed by atoms with E-state index in [1.807, 2.05) is 0 Å². The Kier molecular flexibility index (Phi) is 4.88. The molecule has 34 heavy (non-hydrogen) atoms. The summed E-state index contributed by atoms with van der Waals surface area (Å²) in [7, 11) is -2.80. The molecular weight excluding hydrogens is 468 g/mol. The molecule has 6 aliphatic rings. The van der Waals surface area contributed by atoms with Gasteiger partial charge in [0.2, 0.25) is 6.29 Å². The minimum absolute atomic E-state index is 0.00600. The molecule has 1 aromatic rings. The molecule has 4 saturated carbocycles. The second-order valence-electron chi connectivity index (χ2n) is 10.4. The Labute approximate surface area is 206 Å². The average Bonchev–Trinajstić information content (AvgIpc) is 2.82. The van der Waals surface area contributed by atoms with E-state index in [0.29, 0.717) is 17.4 Å². The zero-order valence-corrected chi connectivity index (χ0v) is 19.1. The summed E-state index contributed by atoms with van der Waals surface area (Å²) in [5, 5.41) is 40.2. The van der Waals surface area contributed by atoms with E-state index in [1.165, 1.54) is 18.6 Å². The summed E-state index contributed by atoms with van der Waals surface area (Å²) in [4.78, 5) is 11.6. The molecule has 7 rings (SSSR count). The van der Waals surface area contributed by atoms with Gasteiger partial charge in [-0.1, -0.05) is 17.7 Å². The maximum atomic E-state index is 10.4. The van der Waals surface area contributed by atoms with E-state index in [4.69, 9.17) is 39.7 Å². The number of aliphatic hydroxyl groups excluding tert-OH is 4. The monoisotopic (exact) mass is 501 g/mol. The van der Waals surface area contributed by atoms with Crippen molar-refractivity contribution in [1.29, 1.82) is 0 Å². The minimum atomic E-state index is -2.80. The molecule has 6 fully saturated rings. The predicted molar refractivity (Wildman–Crippen MR) is 116 cm³/mol. The van der Waals surface area contributed by atoms with Crippen LogP contribution in [0.3, 0.4) is 0 Å². The third-order valence-corrected chi connectivity index (χ3v) is 9.02. The highest BCUT2D eigenvalue weighted by molar-refractivity contribution is 6.32. The van der Waals surface area contributed by atoms with Crippen molar-refractivity contribution in [1.82, 2.24) is 0 Å². The third-order valence-electron chi connectivity index (χ3n) is 8.71. The number of methoxy groups -OCH3 is 1. The summed E-state index contributed by atoms with van der Waals surface area (Å²) in [6.07, 6.45) is -2.66. The van der Waals surface area contributed by atoms with Gasteiger partial charge in [-0.2, -0.15) is 4.89 Å². The molecule has 0 amide bonds. The van der Waals surface area contributed by atoms with E-state index in [2.05, 4.69) is 0 Å². The molecule has 3 unspecified atom stereocenters. The van der Waals surface area contributed by atoms with Crippen LogP contribution in [-0.2, 0) is 25.0 Å². The normalized spacial score (nSPS) is 51.0. The van der Waals surface area contributed by atoms with E-state index in [1.54, 1.807) is 6.07 Å². The van der Waals surface area contributed by atoms with Gasteiger partial charge in [0.1, 0.15) is 30.2 Å². The van der Waals surface area contributed by atoms with Crippen LogP contribution in [0.2, 0.25) is 5.02 Å². The van der Waals surface area contributed by atoms with Gasteiger partial charge in [-0.3, -0.25) is 0 Å². The molecule has 188 valence electrons. The van der Waals surface area contributed by atoms with Gasteiger partial charge in [0, 0.05) is 12.6 Å². The largest absolute Gasteiger partial charge is 0.460 e. The zero-order valence-electron chi connectivity index (χ0n) is 21.4. The second-order valence-corrected chi connectivity index (χ2v) is 10.9. The van der Waals surface area contributed by atoms with E-state index >= 15 is 0 Å². The number of halogens is 1. The lowest BCUT2D eigenvalue weighted by molar-refractivity contribution is -0.645. The third kappa shape index (κ3) is 3.09. The van der Waals surface area contributed by atoms with Gasteiger partial charge >= 0.3 is 0 Å². The van der Waals surface area contributed by atoms with Gasteiger partial charge in [0.05, 0.1) is 15.7 Å². The highest BCUT2D eigenvalue weighted by Gasteiger charge is 2.76. The molecular formula is C24H31ClO9. The summed E-state index contributed by atoms with van der Waals surface area (Å²) in [6.45, 7) is -0.618. The number of hydrogen-bond acceptors (Lipinski definition) is 9. The molecule has 4 N–H and O–H groups in total.